The Morgan fingerprint density at radius 3 is 1.94 bits per heavy atom. The summed E-state index contributed by atoms with van der Waals surface area (Å²) < 4.78 is 6.38. The summed E-state index contributed by atoms with van der Waals surface area (Å²) in [5.74, 6) is 0. The van der Waals surface area contributed by atoms with Crippen molar-refractivity contribution in [1.29, 1.82) is 0 Å². The van der Waals surface area contributed by atoms with E-state index < -0.39 is 8.32 Å². The second-order valence-corrected chi connectivity index (χ2v) is 10.1. The van der Waals surface area contributed by atoms with Gasteiger partial charge in [-0.05, 0) is 25.1 Å². The van der Waals surface area contributed by atoms with Crippen molar-refractivity contribution >= 4 is 31.5 Å². The van der Waals surface area contributed by atoms with E-state index in [4.69, 9.17) is 27.6 Å². The van der Waals surface area contributed by atoms with Gasteiger partial charge in [0.15, 0.2) is 8.32 Å². The minimum atomic E-state index is -1.65. The molecule has 0 saturated heterocycles. The molecule has 0 aliphatic rings. The smallest absolute Gasteiger partial charge is 0.192 e. The van der Waals surface area contributed by atoms with E-state index in [-0.39, 0.29) is 6.10 Å². The molecular formula is C13H21Cl2NOSi. The third-order valence-electron chi connectivity index (χ3n) is 3.66. The van der Waals surface area contributed by atoms with Crippen LogP contribution in [0.25, 0.3) is 0 Å². The normalized spacial score (nSPS) is 13.7. The Morgan fingerprint density at radius 1 is 1.11 bits per heavy atom. The molecule has 0 bridgehead atoms. The fourth-order valence-electron chi connectivity index (χ4n) is 2.24. The molecule has 1 unspecified atom stereocenters. The molecule has 1 rings (SSSR count). The van der Waals surface area contributed by atoms with Crippen molar-refractivity contribution in [3.8, 4) is 0 Å². The summed E-state index contributed by atoms with van der Waals surface area (Å²) in [5, 5.41) is 1.17. The Labute approximate surface area is 121 Å². The van der Waals surface area contributed by atoms with Gasteiger partial charge >= 0.3 is 0 Å². The second-order valence-electron chi connectivity index (χ2n) is 4.52. The van der Waals surface area contributed by atoms with Gasteiger partial charge in [0.25, 0.3) is 0 Å². The number of rotatable bonds is 6. The molecule has 2 nitrogen and oxygen atoms in total. The number of halogens is 2. The van der Waals surface area contributed by atoms with Crippen molar-refractivity contribution in [3.63, 3.8) is 0 Å². The first-order valence-corrected chi connectivity index (χ1v) is 9.75. The lowest BCUT2D eigenvalue weighted by Crippen LogP contribution is -2.36. The van der Waals surface area contributed by atoms with Crippen LogP contribution < -0.4 is 0 Å². The summed E-state index contributed by atoms with van der Waals surface area (Å²) in [4.78, 5) is 3.98. The van der Waals surface area contributed by atoms with Gasteiger partial charge in [-0.25, -0.2) is 0 Å². The van der Waals surface area contributed by atoms with E-state index in [0.717, 1.165) is 23.7 Å². The highest BCUT2D eigenvalue weighted by Gasteiger charge is 2.32. The number of aromatic nitrogens is 1. The average Bonchev–Trinajstić information content (AvgIpc) is 2.36. The van der Waals surface area contributed by atoms with Gasteiger partial charge in [-0.1, -0.05) is 44.0 Å². The molecule has 0 radical (unpaired) electrons. The van der Waals surface area contributed by atoms with Crippen molar-refractivity contribution in [2.24, 2.45) is 0 Å². The summed E-state index contributed by atoms with van der Waals surface area (Å²) in [5.41, 5.74) is 0.862. The maximum absolute atomic E-state index is 6.38. The highest BCUT2D eigenvalue weighted by molar-refractivity contribution is 6.73. The van der Waals surface area contributed by atoms with Crippen LogP contribution >= 0.6 is 23.2 Å². The van der Waals surface area contributed by atoms with Gasteiger partial charge in [-0.2, -0.15) is 0 Å². The molecule has 18 heavy (non-hydrogen) atoms. The van der Waals surface area contributed by atoms with E-state index in [0.29, 0.717) is 10.0 Å². The Morgan fingerprint density at radius 2 is 1.56 bits per heavy atom. The Hall–Kier alpha value is -0.0931. The Balaban J connectivity index is 2.97. The molecule has 0 spiro atoms. The lowest BCUT2D eigenvalue weighted by Gasteiger charge is -2.32. The standard InChI is InChI=1S/C13H21Cl2NOSi/c1-5-18(6-2,7-3)17-10(4)13-11(14)8-16-9-12(13)15/h8-10H,5-7H2,1-4H3. The van der Waals surface area contributed by atoms with Gasteiger partial charge < -0.3 is 4.43 Å². The second kappa shape index (κ2) is 6.90. The zero-order chi connectivity index (χ0) is 13.8. The molecule has 0 saturated carbocycles. The molecule has 0 fully saturated rings. The molecule has 102 valence electrons. The molecule has 0 N–H and O–H groups in total. The van der Waals surface area contributed by atoms with Crippen molar-refractivity contribution in [2.45, 2.75) is 51.9 Å². The van der Waals surface area contributed by atoms with E-state index in [1.807, 2.05) is 6.92 Å². The molecule has 0 aliphatic carbocycles. The minimum Gasteiger partial charge on any atom is -0.410 e. The van der Waals surface area contributed by atoms with E-state index in [9.17, 15) is 0 Å². The van der Waals surface area contributed by atoms with Crippen molar-refractivity contribution < 1.29 is 4.43 Å². The minimum absolute atomic E-state index is 0.0699. The third-order valence-corrected chi connectivity index (χ3v) is 8.98. The van der Waals surface area contributed by atoms with Gasteiger partial charge in [0.1, 0.15) is 0 Å². The number of hydrogen-bond acceptors (Lipinski definition) is 2. The Kier molecular flexibility index (Phi) is 6.12. The quantitative estimate of drug-likeness (QED) is 0.650. The Bertz CT molecular complexity index is 368. The zero-order valence-electron chi connectivity index (χ0n) is 11.5. The van der Waals surface area contributed by atoms with Gasteiger partial charge in [0.2, 0.25) is 0 Å². The van der Waals surface area contributed by atoms with E-state index >= 15 is 0 Å². The summed E-state index contributed by atoms with van der Waals surface area (Å²) in [7, 11) is -1.65. The van der Waals surface area contributed by atoms with Crippen LogP contribution in [0.1, 0.15) is 39.4 Å². The third kappa shape index (κ3) is 3.47. The van der Waals surface area contributed by atoms with E-state index in [2.05, 4.69) is 25.8 Å². The van der Waals surface area contributed by atoms with Crippen LogP contribution in [-0.4, -0.2) is 13.3 Å². The van der Waals surface area contributed by atoms with Crippen LogP contribution in [0.2, 0.25) is 28.2 Å². The maximum atomic E-state index is 6.38. The van der Waals surface area contributed by atoms with Crippen LogP contribution in [-0.2, 0) is 4.43 Å². The van der Waals surface area contributed by atoms with Crippen molar-refractivity contribution in [1.82, 2.24) is 4.98 Å². The number of nitrogens with zero attached hydrogens (tertiary/aromatic N) is 1. The van der Waals surface area contributed by atoms with Crippen molar-refractivity contribution in [3.05, 3.63) is 28.0 Å². The van der Waals surface area contributed by atoms with Crippen molar-refractivity contribution in [2.75, 3.05) is 0 Å². The van der Waals surface area contributed by atoms with Crippen LogP contribution in [0.3, 0.4) is 0 Å². The summed E-state index contributed by atoms with van der Waals surface area (Å²) in [6.45, 7) is 8.65. The summed E-state index contributed by atoms with van der Waals surface area (Å²) >= 11 is 12.3. The van der Waals surface area contributed by atoms with Crippen LogP contribution in [0.15, 0.2) is 12.4 Å². The van der Waals surface area contributed by atoms with Crippen LogP contribution in [0.4, 0.5) is 0 Å². The number of pyridine rings is 1. The molecule has 0 aliphatic heterocycles. The predicted molar refractivity (Wildman–Crippen MR) is 81.0 cm³/mol. The van der Waals surface area contributed by atoms with Crippen LogP contribution in [0, 0.1) is 0 Å². The topological polar surface area (TPSA) is 22.1 Å². The molecular weight excluding hydrogens is 285 g/mol. The largest absolute Gasteiger partial charge is 0.410 e. The first-order chi connectivity index (χ1) is 8.49. The molecule has 1 aromatic heterocycles. The fourth-order valence-corrected chi connectivity index (χ4v) is 5.78. The van der Waals surface area contributed by atoms with Gasteiger partial charge in [-0.3, -0.25) is 4.98 Å². The lowest BCUT2D eigenvalue weighted by atomic mass is 10.2. The fraction of sp³-hybridized carbons (Fsp3) is 0.615. The van der Waals surface area contributed by atoms with Crippen LogP contribution in [0.5, 0.6) is 0 Å². The molecule has 5 heteroatoms. The summed E-state index contributed by atoms with van der Waals surface area (Å²) in [6, 6.07) is 3.35. The molecule has 1 aromatic rings. The first-order valence-electron chi connectivity index (χ1n) is 6.46. The van der Waals surface area contributed by atoms with E-state index in [1.54, 1.807) is 12.4 Å². The van der Waals surface area contributed by atoms with E-state index in [1.165, 1.54) is 0 Å². The molecule has 1 heterocycles. The summed E-state index contributed by atoms with van der Waals surface area (Å²) in [6.07, 6.45) is 3.17. The first kappa shape index (κ1) is 16.0. The lowest BCUT2D eigenvalue weighted by molar-refractivity contribution is 0.210. The van der Waals surface area contributed by atoms with Gasteiger partial charge in [0, 0.05) is 18.0 Å². The highest BCUT2D eigenvalue weighted by atomic mass is 35.5. The SMILES string of the molecule is CC[Si](CC)(CC)OC(C)c1c(Cl)cncc1Cl. The number of hydrogen-bond donors (Lipinski definition) is 0. The molecule has 0 amide bonds. The highest BCUT2D eigenvalue weighted by Crippen LogP contribution is 2.35. The predicted octanol–water partition coefficient (Wildman–Crippen LogP) is 5.47. The average molecular weight is 306 g/mol. The van der Waals surface area contributed by atoms with Gasteiger partial charge in [-0.15, -0.1) is 0 Å². The molecule has 1 atom stereocenters. The zero-order valence-corrected chi connectivity index (χ0v) is 14.0. The maximum Gasteiger partial charge on any atom is 0.192 e. The van der Waals surface area contributed by atoms with Gasteiger partial charge in [0.05, 0.1) is 16.1 Å². The molecule has 0 aromatic carbocycles. The monoisotopic (exact) mass is 305 g/mol.